The highest BCUT2D eigenvalue weighted by Crippen LogP contribution is 2.29. The zero-order chi connectivity index (χ0) is 14.7. The maximum Gasteiger partial charge on any atom is 0.308 e. The molecular formula is C15H19NO3S. The zero-order valence-corrected chi connectivity index (χ0v) is 12.5. The number of hydrogen-bond donors (Lipinski definition) is 1. The van der Waals surface area contributed by atoms with Crippen LogP contribution in [0.3, 0.4) is 0 Å². The van der Waals surface area contributed by atoms with Gasteiger partial charge in [0.2, 0.25) is 0 Å². The van der Waals surface area contributed by atoms with Crippen molar-refractivity contribution < 1.29 is 14.7 Å². The van der Waals surface area contributed by atoms with Crippen molar-refractivity contribution in [1.82, 2.24) is 4.90 Å². The third-order valence-corrected chi connectivity index (χ3v) is 4.22. The molecule has 0 aromatic heterocycles. The summed E-state index contributed by atoms with van der Waals surface area (Å²) in [4.78, 5) is 26.3. The van der Waals surface area contributed by atoms with Gasteiger partial charge in [0.25, 0.3) is 5.91 Å². The van der Waals surface area contributed by atoms with Gasteiger partial charge in [0.15, 0.2) is 0 Å². The molecule has 1 saturated carbocycles. The topological polar surface area (TPSA) is 57.6 Å². The van der Waals surface area contributed by atoms with Crippen molar-refractivity contribution >= 4 is 23.6 Å². The van der Waals surface area contributed by atoms with Crippen molar-refractivity contribution in [2.75, 3.05) is 12.8 Å². The van der Waals surface area contributed by atoms with E-state index in [-0.39, 0.29) is 18.5 Å². The van der Waals surface area contributed by atoms with Crippen LogP contribution in [0.1, 0.15) is 30.1 Å². The lowest BCUT2D eigenvalue weighted by atomic mass is 10.1. The second-order valence-electron chi connectivity index (χ2n) is 5.16. The molecule has 1 unspecified atom stereocenters. The average Bonchev–Trinajstić information content (AvgIpc) is 3.28. The molecule has 0 aliphatic heterocycles. The van der Waals surface area contributed by atoms with Crippen molar-refractivity contribution in [3.05, 3.63) is 29.8 Å². The first-order valence-corrected chi connectivity index (χ1v) is 7.93. The molecule has 1 N–H and O–H groups in total. The molecule has 1 fully saturated rings. The lowest BCUT2D eigenvalue weighted by molar-refractivity contribution is -0.141. The van der Waals surface area contributed by atoms with E-state index in [9.17, 15) is 9.59 Å². The standard InChI is InChI=1S/C15H19NO3S/c1-10(15(18)19)9-16(12-5-6-12)14(17)11-3-7-13(20-2)8-4-11/h3-4,7-8,10,12H,5-6,9H2,1-2H3,(H,18,19). The zero-order valence-electron chi connectivity index (χ0n) is 11.7. The van der Waals surface area contributed by atoms with Gasteiger partial charge in [-0.3, -0.25) is 9.59 Å². The van der Waals surface area contributed by atoms with E-state index in [0.29, 0.717) is 5.56 Å². The molecule has 1 atom stereocenters. The Hall–Kier alpha value is -1.49. The van der Waals surface area contributed by atoms with Crippen molar-refractivity contribution in [1.29, 1.82) is 0 Å². The molecule has 5 heteroatoms. The molecule has 1 aromatic carbocycles. The van der Waals surface area contributed by atoms with Gasteiger partial charge < -0.3 is 10.0 Å². The Morgan fingerprint density at radius 3 is 2.40 bits per heavy atom. The Morgan fingerprint density at radius 2 is 1.95 bits per heavy atom. The number of carbonyl (C=O) groups is 2. The molecule has 0 bridgehead atoms. The van der Waals surface area contributed by atoms with Crippen LogP contribution in [-0.4, -0.2) is 40.7 Å². The van der Waals surface area contributed by atoms with Gasteiger partial charge in [-0.25, -0.2) is 0 Å². The molecule has 20 heavy (non-hydrogen) atoms. The number of carbonyl (C=O) groups excluding carboxylic acids is 1. The summed E-state index contributed by atoms with van der Waals surface area (Å²) in [5.41, 5.74) is 0.632. The molecule has 0 heterocycles. The molecule has 1 aliphatic rings. The highest BCUT2D eigenvalue weighted by atomic mass is 32.2. The molecule has 1 aromatic rings. The van der Waals surface area contributed by atoms with E-state index in [1.165, 1.54) is 0 Å². The van der Waals surface area contributed by atoms with E-state index < -0.39 is 11.9 Å². The van der Waals surface area contributed by atoms with Crippen molar-refractivity contribution in [2.45, 2.75) is 30.7 Å². The molecule has 0 radical (unpaired) electrons. The van der Waals surface area contributed by atoms with Crippen LogP contribution in [0.25, 0.3) is 0 Å². The smallest absolute Gasteiger partial charge is 0.308 e. The van der Waals surface area contributed by atoms with Gasteiger partial charge in [0.1, 0.15) is 0 Å². The molecule has 2 rings (SSSR count). The van der Waals surface area contributed by atoms with Gasteiger partial charge >= 0.3 is 5.97 Å². The van der Waals surface area contributed by atoms with E-state index in [1.54, 1.807) is 23.6 Å². The maximum absolute atomic E-state index is 12.5. The molecule has 4 nitrogen and oxygen atoms in total. The highest BCUT2D eigenvalue weighted by molar-refractivity contribution is 7.98. The number of carboxylic acid groups (broad SMARTS) is 1. The lowest BCUT2D eigenvalue weighted by Gasteiger charge is -2.24. The van der Waals surface area contributed by atoms with Crippen molar-refractivity contribution in [3.8, 4) is 0 Å². The Labute approximate surface area is 123 Å². The molecule has 0 spiro atoms. The van der Waals surface area contributed by atoms with Crippen molar-refractivity contribution in [3.63, 3.8) is 0 Å². The molecule has 1 aliphatic carbocycles. The van der Waals surface area contributed by atoms with Gasteiger partial charge in [0.05, 0.1) is 5.92 Å². The van der Waals surface area contributed by atoms with E-state index >= 15 is 0 Å². The average molecular weight is 293 g/mol. The monoisotopic (exact) mass is 293 g/mol. The van der Waals surface area contributed by atoms with E-state index in [4.69, 9.17) is 5.11 Å². The quantitative estimate of drug-likeness (QED) is 0.819. The van der Waals surface area contributed by atoms with Crippen LogP contribution in [0.4, 0.5) is 0 Å². The number of hydrogen-bond acceptors (Lipinski definition) is 3. The first-order chi connectivity index (χ1) is 9.52. The minimum atomic E-state index is -0.860. The summed E-state index contributed by atoms with van der Waals surface area (Å²) in [5.74, 6) is -1.46. The van der Waals surface area contributed by atoms with Crippen LogP contribution >= 0.6 is 11.8 Å². The van der Waals surface area contributed by atoms with Crippen LogP contribution in [0.5, 0.6) is 0 Å². The van der Waals surface area contributed by atoms with Crippen LogP contribution in [0.2, 0.25) is 0 Å². The molecule has 1 amide bonds. The minimum absolute atomic E-state index is 0.0618. The number of carboxylic acids is 1. The Kier molecular flexibility index (Phi) is 4.70. The summed E-state index contributed by atoms with van der Waals surface area (Å²) >= 11 is 1.63. The predicted molar refractivity (Wildman–Crippen MR) is 79.1 cm³/mol. The van der Waals surface area contributed by atoms with Crippen LogP contribution in [-0.2, 0) is 4.79 Å². The fourth-order valence-corrected chi connectivity index (χ4v) is 2.46. The summed E-state index contributed by atoms with van der Waals surface area (Å²) in [6.45, 7) is 1.92. The lowest BCUT2D eigenvalue weighted by Crippen LogP contribution is -2.38. The SMILES string of the molecule is CSc1ccc(C(=O)N(CC(C)C(=O)O)C2CC2)cc1. The third-order valence-electron chi connectivity index (χ3n) is 3.48. The van der Waals surface area contributed by atoms with Crippen LogP contribution in [0, 0.1) is 5.92 Å². The fourth-order valence-electron chi connectivity index (χ4n) is 2.06. The Bertz CT molecular complexity index is 496. The molecule has 108 valence electrons. The number of benzene rings is 1. The second kappa shape index (κ2) is 6.31. The molecule has 0 saturated heterocycles. The normalized spacial score (nSPS) is 15.7. The molecular weight excluding hydrogens is 274 g/mol. The van der Waals surface area contributed by atoms with Gasteiger partial charge in [-0.2, -0.15) is 0 Å². The Balaban J connectivity index is 2.11. The van der Waals surface area contributed by atoms with Gasteiger partial charge in [-0.05, 0) is 43.4 Å². The number of amides is 1. The van der Waals surface area contributed by atoms with E-state index in [0.717, 1.165) is 17.7 Å². The number of nitrogens with zero attached hydrogens (tertiary/aromatic N) is 1. The number of thioether (sulfide) groups is 1. The van der Waals surface area contributed by atoms with Crippen LogP contribution < -0.4 is 0 Å². The Morgan fingerprint density at radius 1 is 1.35 bits per heavy atom. The second-order valence-corrected chi connectivity index (χ2v) is 6.04. The van der Waals surface area contributed by atoms with E-state index in [1.807, 2.05) is 30.5 Å². The minimum Gasteiger partial charge on any atom is -0.481 e. The first-order valence-electron chi connectivity index (χ1n) is 6.70. The van der Waals surface area contributed by atoms with Gasteiger partial charge in [-0.1, -0.05) is 6.92 Å². The number of rotatable bonds is 6. The first kappa shape index (κ1) is 14.9. The summed E-state index contributed by atoms with van der Waals surface area (Å²) < 4.78 is 0. The summed E-state index contributed by atoms with van der Waals surface area (Å²) in [7, 11) is 0. The van der Waals surface area contributed by atoms with E-state index in [2.05, 4.69) is 0 Å². The summed E-state index contributed by atoms with van der Waals surface area (Å²) in [6.07, 6.45) is 3.93. The largest absolute Gasteiger partial charge is 0.481 e. The highest BCUT2D eigenvalue weighted by Gasteiger charge is 2.34. The predicted octanol–water partition coefficient (Wildman–Crippen LogP) is 2.73. The van der Waals surface area contributed by atoms with Gasteiger partial charge in [0, 0.05) is 23.0 Å². The van der Waals surface area contributed by atoms with Gasteiger partial charge in [-0.15, -0.1) is 11.8 Å². The fraction of sp³-hybridized carbons (Fsp3) is 0.467. The summed E-state index contributed by atoms with van der Waals surface area (Å²) in [5, 5.41) is 9.01. The van der Waals surface area contributed by atoms with Crippen LogP contribution in [0.15, 0.2) is 29.2 Å². The maximum atomic E-state index is 12.5. The third kappa shape index (κ3) is 3.54. The van der Waals surface area contributed by atoms with Crippen molar-refractivity contribution in [2.24, 2.45) is 5.92 Å². The number of aliphatic carboxylic acids is 1. The summed E-state index contributed by atoms with van der Waals surface area (Å²) in [6, 6.07) is 7.68.